The number of hydrogen-bond acceptors (Lipinski definition) is 4. The molecule has 0 saturated carbocycles. The molecule has 6 heteroatoms. The van der Waals surface area contributed by atoms with Gasteiger partial charge in [-0.2, -0.15) is 0 Å². The third kappa shape index (κ3) is 5.26. The van der Waals surface area contributed by atoms with Crippen LogP contribution in [0.5, 0.6) is 5.75 Å². The molecule has 2 N–H and O–H groups in total. The predicted molar refractivity (Wildman–Crippen MR) is 103 cm³/mol. The van der Waals surface area contributed by atoms with Gasteiger partial charge in [-0.1, -0.05) is 29.8 Å². The van der Waals surface area contributed by atoms with E-state index in [0.29, 0.717) is 23.4 Å². The first-order valence-electron chi connectivity index (χ1n) is 8.32. The van der Waals surface area contributed by atoms with Crippen LogP contribution in [0, 0.1) is 6.92 Å². The molecule has 0 aromatic heterocycles. The molecular formula is C20H23NO4S. The Balaban J connectivity index is 2.03. The Kier molecular flexibility index (Phi) is 7.09. The Morgan fingerprint density at radius 1 is 1.23 bits per heavy atom. The van der Waals surface area contributed by atoms with Crippen LogP contribution >= 0.6 is 11.8 Å². The van der Waals surface area contributed by atoms with Crippen molar-refractivity contribution >= 4 is 23.6 Å². The Morgan fingerprint density at radius 2 is 1.96 bits per heavy atom. The van der Waals surface area contributed by atoms with Gasteiger partial charge in [0, 0.05) is 11.4 Å². The normalized spacial score (nSPS) is 11.7. The van der Waals surface area contributed by atoms with Crippen LogP contribution in [0.25, 0.3) is 0 Å². The number of carboxylic acid groups (broad SMARTS) is 1. The SMILES string of the molecule is COc1ccc(C)cc1CCNC(=O)c1ccccc1SC(C)C(=O)O. The molecule has 2 rings (SSSR count). The number of methoxy groups -OCH3 is 1. The number of hydrogen-bond donors (Lipinski definition) is 2. The monoisotopic (exact) mass is 373 g/mol. The zero-order chi connectivity index (χ0) is 19.1. The molecule has 0 fully saturated rings. The van der Waals surface area contributed by atoms with Gasteiger partial charge < -0.3 is 15.2 Å². The average molecular weight is 373 g/mol. The van der Waals surface area contributed by atoms with Crippen molar-refractivity contribution in [3.8, 4) is 5.75 Å². The molecule has 0 saturated heterocycles. The first-order valence-corrected chi connectivity index (χ1v) is 9.20. The number of ether oxygens (including phenoxy) is 1. The first-order chi connectivity index (χ1) is 12.4. The number of rotatable bonds is 8. The molecule has 0 aliphatic rings. The van der Waals surface area contributed by atoms with Gasteiger partial charge in [0.05, 0.1) is 12.7 Å². The molecule has 138 valence electrons. The van der Waals surface area contributed by atoms with Crippen LogP contribution in [0.3, 0.4) is 0 Å². The topological polar surface area (TPSA) is 75.6 Å². The summed E-state index contributed by atoms with van der Waals surface area (Å²) < 4.78 is 5.36. The van der Waals surface area contributed by atoms with Gasteiger partial charge in [-0.3, -0.25) is 9.59 Å². The number of benzene rings is 2. The number of carboxylic acids is 1. The number of nitrogens with one attached hydrogen (secondary N) is 1. The van der Waals surface area contributed by atoms with E-state index >= 15 is 0 Å². The van der Waals surface area contributed by atoms with Crippen LogP contribution in [-0.2, 0) is 11.2 Å². The lowest BCUT2D eigenvalue weighted by Crippen LogP contribution is -2.26. The summed E-state index contributed by atoms with van der Waals surface area (Å²) in [6.45, 7) is 4.08. The van der Waals surface area contributed by atoms with Gasteiger partial charge in [-0.15, -0.1) is 11.8 Å². The molecular weight excluding hydrogens is 350 g/mol. The van der Waals surface area contributed by atoms with E-state index in [2.05, 4.69) is 5.32 Å². The van der Waals surface area contributed by atoms with Gasteiger partial charge in [0.1, 0.15) is 11.0 Å². The van der Waals surface area contributed by atoms with E-state index < -0.39 is 11.2 Å². The lowest BCUT2D eigenvalue weighted by atomic mass is 10.1. The third-order valence-electron chi connectivity index (χ3n) is 3.90. The van der Waals surface area contributed by atoms with Gasteiger partial charge in [0.25, 0.3) is 5.91 Å². The van der Waals surface area contributed by atoms with Crippen LogP contribution in [0.2, 0.25) is 0 Å². The Morgan fingerprint density at radius 3 is 2.65 bits per heavy atom. The summed E-state index contributed by atoms with van der Waals surface area (Å²) in [4.78, 5) is 24.3. The van der Waals surface area contributed by atoms with E-state index in [-0.39, 0.29) is 5.91 Å². The lowest BCUT2D eigenvalue weighted by Gasteiger charge is -2.13. The van der Waals surface area contributed by atoms with Crippen LogP contribution in [0.15, 0.2) is 47.4 Å². The zero-order valence-corrected chi connectivity index (χ0v) is 15.9. The highest BCUT2D eigenvalue weighted by Crippen LogP contribution is 2.27. The number of carbonyl (C=O) groups is 2. The number of thioether (sulfide) groups is 1. The second-order valence-corrected chi connectivity index (χ2v) is 7.30. The molecule has 2 aromatic carbocycles. The fraction of sp³-hybridized carbons (Fsp3) is 0.300. The van der Waals surface area contributed by atoms with Crippen LogP contribution in [0.1, 0.15) is 28.4 Å². The highest BCUT2D eigenvalue weighted by molar-refractivity contribution is 8.00. The van der Waals surface area contributed by atoms with E-state index in [1.165, 1.54) is 0 Å². The van der Waals surface area contributed by atoms with Crippen molar-refractivity contribution in [1.29, 1.82) is 0 Å². The van der Waals surface area contributed by atoms with Gasteiger partial charge in [0.15, 0.2) is 0 Å². The van der Waals surface area contributed by atoms with Gasteiger partial charge in [-0.05, 0) is 44.0 Å². The largest absolute Gasteiger partial charge is 0.496 e. The van der Waals surface area contributed by atoms with Crippen molar-refractivity contribution in [2.24, 2.45) is 0 Å². The molecule has 5 nitrogen and oxygen atoms in total. The maximum atomic E-state index is 12.5. The molecule has 0 radical (unpaired) electrons. The van der Waals surface area contributed by atoms with Gasteiger partial charge in [0.2, 0.25) is 0 Å². The lowest BCUT2D eigenvalue weighted by molar-refractivity contribution is -0.136. The summed E-state index contributed by atoms with van der Waals surface area (Å²) in [6, 6.07) is 13.0. The number of aliphatic carboxylic acids is 1. The maximum absolute atomic E-state index is 12.5. The molecule has 0 aliphatic heterocycles. The van der Waals surface area contributed by atoms with E-state index in [1.54, 1.807) is 38.3 Å². The molecule has 1 amide bonds. The van der Waals surface area contributed by atoms with Crippen molar-refractivity contribution < 1.29 is 19.4 Å². The van der Waals surface area contributed by atoms with E-state index in [1.807, 2.05) is 25.1 Å². The fourth-order valence-corrected chi connectivity index (χ4v) is 3.43. The van der Waals surface area contributed by atoms with Crippen molar-refractivity contribution in [2.45, 2.75) is 30.4 Å². The van der Waals surface area contributed by atoms with Crippen LogP contribution < -0.4 is 10.1 Å². The molecule has 0 heterocycles. The van der Waals surface area contributed by atoms with Gasteiger partial charge in [-0.25, -0.2) is 0 Å². The summed E-state index contributed by atoms with van der Waals surface area (Å²) in [5.74, 6) is -0.315. The van der Waals surface area contributed by atoms with E-state index in [9.17, 15) is 9.59 Å². The van der Waals surface area contributed by atoms with E-state index in [4.69, 9.17) is 9.84 Å². The molecule has 0 aliphatic carbocycles. The summed E-state index contributed by atoms with van der Waals surface area (Å²) in [7, 11) is 1.63. The van der Waals surface area contributed by atoms with Crippen molar-refractivity contribution in [3.05, 3.63) is 59.2 Å². The summed E-state index contributed by atoms with van der Waals surface area (Å²) in [5, 5.41) is 11.4. The Bertz CT molecular complexity index is 791. The standard InChI is InChI=1S/C20H23NO4S/c1-13-8-9-17(25-3)15(12-13)10-11-21-19(22)16-6-4-5-7-18(16)26-14(2)20(23)24/h4-9,12,14H,10-11H2,1-3H3,(H,21,22)(H,23,24). The van der Waals surface area contributed by atoms with Crippen LogP contribution in [0.4, 0.5) is 0 Å². The molecule has 0 spiro atoms. The third-order valence-corrected chi connectivity index (χ3v) is 5.06. The number of amides is 1. The second-order valence-electron chi connectivity index (χ2n) is 5.92. The first kappa shape index (κ1) is 19.8. The smallest absolute Gasteiger partial charge is 0.316 e. The Labute approximate surface area is 157 Å². The summed E-state index contributed by atoms with van der Waals surface area (Å²) >= 11 is 1.16. The quantitative estimate of drug-likeness (QED) is 0.692. The minimum atomic E-state index is -0.906. The zero-order valence-electron chi connectivity index (χ0n) is 15.1. The summed E-state index contributed by atoms with van der Waals surface area (Å²) in [5.41, 5.74) is 2.66. The van der Waals surface area contributed by atoms with E-state index in [0.717, 1.165) is 28.6 Å². The number of carbonyl (C=O) groups excluding carboxylic acids is 1. The highest BCUT2D eigenvalue weighted by atomic mass is 32.2. The predicted octanol–water partition coefficient (Wildman–Crippen LogP) is 3.54. The molecule has 26 heavy (non-hydrogen) atoms. The fourth-order valence-electron chi connectivity index (χ4n) is 2.51. The highest BCUT2D eigenvalue weighted by Gasteiger charge is 2.17. The minimum absolute atomic E-state index is 0.211. The number of aryl methyl sites for hydroxylation is 1. The molecule has 1 unspecified atom stereocenters. The Hall–Kier alpha value is -2.47. The summed E-state index contributed by atoms with van der Waals surface area (Å²) in [6.07, 6.45) is 0.650. The second kappa shape index (κ2) is 9.29. The van der Waals surface area contributed by atoms with Crippen molar-refractivity contribution in [3.63, 3.8) is 0 Å². The minimum Gasteiger partial charge on any atom is -0.496 e. The van der Waals surface area contributed by atoms with Gasteiger partial charge >= 0.3 is 5.97 Å². The van der Waals surface area contributed by atoms with Crippen molar-refractivity contribution in [2.75, 3.05) is 13.7 Å². The maximum Gasteiger partial charge on any atom is 0.316 e. The molecule has 1 atom stereocenters. The van der Waals surface area contributed by atoms with Crippen molar-refractivity contribution in [1.82, 2.24) is 5.32 Å². The molecule has 2 aromatic rings. The average Bonchev–Trinajstić information content (AvgIpc) is 2.62. The molecule has 0 bridgehead atoms. The van der Waals surface area contributed by atoms with Crippen LogP contribution in [-0.4, -0.2) is 35.9 Å².